The fourth-order valence-corrected chi connectivity index (χ4v) is 3.43. The van der Waals surface area contributed by atoms with Crippen molar-refractivity contribution in [2.75, 3.05) is 23.3 Å². The van der Waals surface area contributed by atoms with E-state index >= 15 is 0 Å². The number of piperidine rings is 1. The highest BCUT2D eigenvalue weighted by atomic mass is 16.1. The number of carbonyl (C=O) groups is 1. The predicted octanol–water partition coefficient (Wildman–Crippen LogP) is 2.53. The molecule has 1 aromatic carbocycles. The second-order valence-corrected chi connectivity index (χ2v) is 7.09. The molecule has 3 heterocycles. The van der Waals surface area contributed by atoms with Crippen LogP contribution in [0.1, 0.15) is 24.0 Å². The van der Waals surface area contributed by atoms with Gasteiger partial charge >= 0.3 is 0 Å². The van der Waals surface area contributed by atoms with E-state index < -0.39 is 0 Å². The molecule has 1 aliphatic heterocycles. The van der Waals surface area contributed by atoms with Crippen molar-refractivity contribution in [3.8, 4) is 5.82 Å². The van der Waals surface area contributed by atoms with E-state index in [4.69, 9.17) is 0 Å². The van der Waals surface area contributed by atoms with Crippen LogP contribution >= 0.6 is 0 Å². The number of rotatable bonds is 4. The number of benzene rings is 1. The van der Waals surface area contributed by atoms with E-state index in [0.717, 1.165) is 43.0 Å². The molecule has 0 spiro atoms. The lowest BCUT2D eigenvalue weighted by atomic mass is 9.95. The highest BCUT2D eigenvalue weighted by Gasteiger charge is 2.26. The smallest absolute Gasteiger partial charge is 0.227 e. The average Bonchev–Trinajstić information content (AvgIpc) is 3.26. The highest BCUT2D eigenvalue weighted by molar-refractivity contribution is 5.93. The van der Waals surface area contributed by atoms with E-state index in [-0.39, 0.29) is 11.8 Å². The lowest BCUT2D eigenvalue weighted by molar-refractivity contribution is -0.120. The third-order valence-electron chi connectivity index (χ3n) is 5.34. The van der Waals surface area contributed by atoms with Crippen LogP contribution in [0.4, 0.5) is 11.5 Å². The molecular weight excluding hydrogens is 354 g/mol. The van der Waals surface area contributed by atoms with Crippen molar-refractivity contribution in [1.29, 1.82) is 0 Å². The first-order valence-corrected chi connectivity index (χ1v) is 9.42. The predicted molar refractivity (Wildman–Crippen MR) is 106 cm³/mol. The molecule has 1 fully saturated rings. The molecule has 0 bridgehead atoms. The molecule has 0 aliphatic carbocycles. The number of aryl methyl sites for hydroxylation is 1. The first kappa shape index (κ1) is 18.1. The summed E-state index contributed by atoms with van der Waals surface area (Å²) >= 11 is 0. The van der Waals surface area contributed by atoms with Crippen LogP contribution in [-0.4, -0.2) is 44.0 Å². The fraction of sp³-hybridized carbons (Fsp3) is 0.350. The first-order valence-electron chi connectivity index (χ1n) is 9.42. The van der Waals surface area contributed by atoms with E-state index in [0.29, 0.717) is 5.82 Å². The lowest BCUT2D eigenvalue weighted by Crippen LogP contribution is -2.38. The van der Waals surface area contributed by atoms with Gasteiger partial charge in [-0.15, -0.1) is 10.2 Å². The van der Waals surface area contributed by atoms with Gasteiger partial charge in [0.1, 0.15) is 12.7 Å². The molecule has 4 rings (SSSR count). The van der Waals surface area contributed by atoms with E-state index in [9.17, 15) is 4.79 Å². The Bertz CT molecular complexity index is 945. The molecule has 3 aromatic rings. The summed E-state index contributed by atoms with van der Waals surface area (Å²) in [6.45, 7) is 5.65. The van der Waals surface area contributed by atoms with Crippen LogP contribution in [0, 0.1) is 19.8 Å². The average molecular weight is 377 g/mol. The zero-order valence-electron chi connectivity index (χ0n) is 16.0. The Labute approximate surface area is 163 Å². The van der Waals surface area contributed by atoms with E-state index in [1.54, 1.807) is 11.0 Å². The van der Waals surface area contributed by atoms with Crippen LogP contribution in [0.5, 0.6) is 0 Å². The Kier molecular flexibility index (Phi) is 5.01. The number of amides is 1. The Morgan fingerprint density at radius 3 is 2.50 bits per heavy atom. The van der Waals surface area contributed by atoms with Crippen molar-refractivity contribution in [3.05, 3.63) is 54.1 Å². The van der Waals surface area contributed by atoms with E-state index in [1.807, 2.05) is 31.2 Å². The SMILES string of the molecule is Cc1cccc(NC(=O)C2CCN(c3ccc(-n4cncn4)nn3)CC2)c1C. The minimum absolute atomic E-state index is 0.0125. The van der Waals surface area contributed by atoms with Gasteiger partial charge in [-0.05, 0) is 56.0 Å². The molecule has 1 amide bonds. The van der Waals surface area contributed by atoms with Crippen molar-refractivity contribution in [2.45, 2.75) is 26.7 Å². The van der Waals surface area contributed by atoms with Gasteiger partial charge in [-0.1, -0.05) is 12.1 Å². The summed E-state index contributed by atoms with van der Waals surface area (Å²) in [7, 11) is 0. The van der Waals surface area contributed by atoms with Crippen LogP contribution in [0.15, 0.2) is 43.0 Å². The number of nitrogens with zero attached hydrogens (tertiary/aromatic N) is 6. The largest absolute Gasteiger partial charge is 0.355 e. The summed E-state index contributed by atoms with van der Waals surface area (Å²) in [5.74, 6) is 1.56. The summed E-state index contributed by atoms with van der Waals surface area (Å²) in [4.78, 5) is 18.8. The molecule has 2 aromatic heterocycles. The van der Waals surface area contributed by atoms with E-state index in [2.05, 4.69) is 43.5 Å². The van der Waals surface area contributed by atoms with Gasteiger partial charge in [-0.2, -0.15) is 5.10 Å². The van der Waals surface area contributed by atoms with Crippen LogP contribution in [0.25, 0.3) is 5.82 Å². The molecule has 0 saturated carbocycles. The molecule has 0 radical (unpaired) electrons. The number of hydrogen-bond donors (Lipinski definition) is 1. The Morgan fingerprint density at radius 2 is 1.82 bits per heavy atom. The first-order chi connectivity index (χ1) is 13.6. The number of hydrogen-bond acceptors (Lipinski definition) is 6. The number of aromatic nitrogens is 5. The molecule has 144 valence electrons. The van der Waals surface area contributed by atoms with Crippen molar-refractivity contribution in [3.63, 3.8) is 0 Å². The van der Waals surface area contributed by atoms with Crippen molar-refractivity contribution >= 4 is 17.4 Å². The molecule has 0 atom stereocenters. The molecule has 8 nitrogen and oxygen atoms in total. The normalized spacial score (nSPS) is 14.9. The number of anilines is 2. The van der Waals surface area contributed by atoms with Crippen LogP contribution < -0.4 is 10.2 Å². The third kappa shape index (κ3) is 3.71. The summed E-state index contributed by atoms with van der Waals surface area (Å²) < 4.78 is 1.57. The van der Waals surface area contributed by atoms with Crippen LogP contribution in [0.3, 0.4) is 0 Å². The van der Waals surface area contributed by atoms with Crippen molar-refractivity contribution < 1.29 is 4.79 Å². The standard InChI is InChI=1S/C20H23N7O/c1-14-4-3-5-17(15(14)2)23-20(28)16-8-10-26(11-9-16)18-6-7-19(25-24-18)27-13-21-12-22-27/h3-7,12-13,16H,8-11H2,1-2H3,(H,23,28). The zero-order chi connectivity index (χ0) is 19.5. The summed E-state index contributed by atoms with van der Waals surface area (Å²) in [6.07, 6.45) is 4.64. The second kappa shape index (κ2) is 7.75. The van der Waals surface area contributed by atoms with Crippen LogP contribution in [0.2, 0.25) is 0 Å². The topological polar surface area (TPSA) is 88.8 Å². The molecule has 8 heteroatoms. The molecule has 28 heavy (non-hydrogen) atoms. The van der Waals surface area contributed by atoms with Crippen molar-refractivity contribution in [2.24, 2.45) is 5.92 Å². The van der Waals surface area contributed by atoms with Crippen molar-refractivity contribution in [1.82, 2.24) is 25.0 Å². The monoisotopic (exact) mass is 377 g/mol. The maximum Gasteiger partial charge on any atom is 0.227 e. The minimum atomic E-state index is 0.0125. The van der Waals surface area contributed by atoms with Gasteiger partial charge in [0.15, 0.2) is 11.6 Å². The molecule has 0 unspecified atom stereocenters. The summed E-state index contributed by atoms with van der Waals surface area (Å²) in [6, 6.07) is 9.79. The van der Waals surface area contributed by atoms with Gasteiger partial charge in [0.05, 0.1) is 0 Å². The van der Waals surface area contributed by atoms with Gasteiger partial charge in [0.25, 0.3) is 0 Å². The van der Waals surface area contributed by atoms with Gasteiger partial charge in [-0.3, -0.25) is 4.79 Å². The molecule has 1 N–H and O–H groups in total. The Balaban J connectivity index is 1.35. The van der Waals surface area contributed by atoms with Gasteiger partial charge in [0, 0.05) is 24.7 Å². The Hall–Kier alpha value is -3.29. The van der Waals surface area contributed by atoms with Crippen LogP contribution in [-0.2, 0) is 4.79 Å². The lowest BCUT2D eigenvalue weighted by Gasteiger charge is -2.32. The molecular formula is C20H23N7O. The maximum absolute atomic E-state index is 12.7. The minimum Gasteiger partial charge on any atom is -0.355 e. The van der Waals surface area contributed by atoms with E-state index in [1.165, 1.54) is 11.9 Å². The Morgan fingerprint density at radius 1 is 1.07 bits per heavy atom. The van der Waals surface area contributed by atoms with Gasteiger partial charge in [0.2, 0.25) is 5.91 Å². The third-order valence-corrected chi connectivity index (χ3v) is 5.34. The second-order valence-electron chi connectivity index (χ2n) is 7.09. The summed E-state index contributed by atoms with van der Waals surface area (Å²) in [5, 5.41) is 15.7. The summed E-state index contributed by atoms with van der Waals surface area (Å²) in [5.41, 5.74) is 3.21. The number of nitrogens with one attached hydrogen (secondary N) is 1. The number of carbonyl (C=O) groups excluding carboxylic acids is 1. The van der Waals surface area contributed by atoms with Gasteiger partial charge < -0.3 is 10.2 Å². The quantitative estimate of drug-likeness (QED) is 0.752. The maximum atomic E-state index is 12.7. The zero-order valence-corrected chi connectivity index (χ0v) is 16.0. The molecule has 1 saturated heterocycles. The molecule has 1 aliphatic rings. The fourth-order valence-electron chi connectivity index (χ4n) is 3.43. The highest BCUT2D eigenvalue weighted by Crippen LogP contribution is 2.24. The van der Waals surface area contributed by atoms with Gasteiger partial charge in [-0.25, -0.2) is 9.67 Å².